The van der Waals surface area contributed by atoms with Crippen LogP contribution in [0.5, 0.6) is 0 Å². The minimum atomic E-state index is -0.819. The first kappa shape index (κ1) is 24.4. The van der Waals surface area contributed by atoms with Crippen LogP contribution in [-0.2, 0) is 4.79 Å². The summed E-state index contributed by atoms with van der Waals surface area (Å²) in [7, 11) is 0. The standard InChI is InChI=1S/C24H31FN6O2/c1-15-6-7-17(10-16(15)13-26)29-22-27-14-19(25)21(30-22)28-18-11-23(2,3)31(9-8-20(32)33)24(4,5)12-18/h6-7,10,14,18H,8-9,11-12H2,1-5H3,(H,32,33)(H2,27,28,29,30). The van der Waals surface area contributed by atoms with Crippen molar-refractivity contribution in [2.75, 3.05) is 17.2 Å². The first-order valence-electron chi connectivity index (χ1n) is 11.0. The SMILES string of the molecule is Cc1ccc(Nc2ncc(F)c(NC3CC(C)(C)N(CCC(=O)O)C(C)(C)C3)n2)cc1C#N. The third-order valence-electron chi connectivity index (χ3n) is 6.20. The summed E-state index contributed by atoms with van der Waals surface area (Å²) >= 11 is 0. The molecule has 3 rings (SSSR count). The summed E-state index contributed by atoms with van der Waals surface area (Å²) in [5, 5.41) is 24.6. The Morgan fingerprint density at radius 2 is 1.97 bits per heavy atom. The van der Waals surface area contributed by atoms with E-state index in [9.17, 15) is 14.4 Å². The lowest BCUT2D eigenvalue weighted by atomic mass is 9.76. The summed E-state index contributed by atoms with van der Waals surface area (Å²) in [4.78, 5) is 21.7. The smallest absolute Gasteiger partial charge is 0.304 e. The zero-order valence-electron chi connectivity index (χ0n) is 19.7. The molecular formula is C24H31FN6O2. The van der Waals surface area contributed by atoms with Crippen LogP contribution < -0.4 is 10.6 Å². The van der Waals surface area contributed by atoms with Gasteiger partial charge in [0.2, 0.25) is 5.95 Å². The van der Waals surface area contributed by atoms with Crippen LogP contribution in [0.25, 0.3) is 0 Å². The molecule has 2 heterocycles. The van der Waals surface area contributed by atoms with E-state index >= 15 is 0 Å². The van der Waals surface area contributed by atoms with Crippen LogP contribution in [0.2, 0.25) is 0 Å². The van der Waals surface area contributed by atoms with Crippen LogP contribution in [0.15, 0.2) is 24.4 Å². The number of nitriles is 1. The zero-order chi connectivity index (χ0) is 24.4. The first-order chi connectivity index (χ1) is 15.4. The van der Waals surface area contributed by atoms with Crippen molar-refractivity contribution in [1.29, 1.82) is 5.26 Å². The second-order valence-electron chi connectivity index (χ2n) is 9.83. The van der Waals surface area contributed by atoms with Crippen molar-refractivity contribution in [2.45, 2.75) is 71.0 Å². The van der Waals surface area contributed by atoms with Gasteiger partial charge in [-0.05, 0) is 65.2 Å². The lowest BCUT2D eigenvalue weighted by molar-refractivity contribution is -0.138. The Balaban J connectivity index is 1.77. The van der Waals surface area contributed by atoms with E-state index < -0.39 is 11.8 Å². The Hall–Kier alpha value is -3.25. The fourth-order valence-corrected chi connectivity index (χ4v) is 4.90. The molecule has 0 amide bonds. The number of aromatic nitrogens is 2. The number of rotatable bonds is 7. The Morgan fingerprint density at radius 1 is 1.30 bits per heavy atom. The topological polar surface area (TPSA) is 114 Å². The van der Waals surface area contributed by atoms with Gasteiger partial charge in [0.25, 0.3) is 0 Å². The van der Waals surface area contributed by atoms with Gasteiger partial charge in [0.1, 0.15) is 0 Å². The normalized spacial score (nSPS) is 17.8. The molecule has 33 heavy (non-hydrogen) atoms. The molecular weight excluding hydrogens is 423 g/mol. The van der Waals surface area contributed by atoms with Crippen molar-refractivity contribution in [1.82, 2.24) is 14.9 Å². The number of halogens is 1. The Morgan fingerprint density at radius 3 is 2.58 bits per heavy atom. The fourth-order valence-electron chi connectivity index (χ4n) is 4.90. The number of nitrogens with zero attached hydrogens (tertiary/aromatic N) is 4. The predicted molar refractivity (Wildman–Crippen MR) is 125 cm³/mol. The van der Waals surface area contributed by atoms with Crippen LogP contribution in [0.1, 0.15) is 58.1 Å². The van der Waals surface area contributed by atoms with E-state index in [1.807, 2.05) is 19.1 Å². The molecule has 8 nitrogen and oxygen atoms in total. The molecule has 176 valence electrons. The van der Waals surface area contributed by atoms with Crippen molar-refractivity contribution in [3.63, 3.8) is 0 Å². The van der Waals surface area contributed by atoms with E-state index in [2.05, 4.69) is 59.3 Å². The van der Waals surface area contributed by atoms with E-state index in [1.54, 1.807) is 6.07 Å². The molecule has 0 spiro atoms. The highest BCUT2D eigenvalue weighted by Gasteiger charge is 2.45. The second kappa shape index (κ2) is 9.32. The number of piperidine rings is 1. The van der Waals surface area contributed by atoms with Gasteiger partial charge in [-0.2, -0.15) is 10.2 Å². The van der Waals surface area contributed by atoms with Gasteiger partial charge >= 0.3 is 5.97 Å². The van der Waals surface area contributed by atoms with Gasteiger partial charge in [0, 0.05) is 29.4 Å². The summed E-state index contributed by atoms with van der Waals surface area (Å²) < 4.78 is 14.6. The van der Waals surface area contributed by atoms with Crippen LogP contribution >= 0.6 is 0 Å². The summed E-state index contributed by atoms with van der Waals surface area (Å²) in [5.41, 5.74) is 1.48. The molecule has 0 aliphatic carbocycles. The van der Waals surface area contributed by atoms with Gasteiger partial charge in [0.05, 0.1) is 24.3 Å². The molecule has 1 aromatic carbocycles. The molecule has 1 aliphatic rings. The maximum absolute atomic E-state index is 14.6. The van der Waals surface area contributed by atoms with E-state index in [0.717, 1.165) is 11.8 Å². The number of nitrogens with one attached hydrogen (secondary N) is 2. The number of carbonyl (C=O) groups is 1. The number of hydrogen-bond acceptors (Lipinski definition) is 7. The number of benzene rings is 1. The van der Waals surface area contributed by atoms with Crippen molar-refractivity contribution in [2.24, 2.45) is 0 Å². The summed E-state index contributed by atoms with van der Waals surface area (Å²) in [6.45, 7) is 10.6. The highest BCUT2D eigenvalue weighted by Crippen LogP contribution is 2.39. The summed E-state index contributed by atoms with van der Waals surface area (Å²) in [6, 6.07) is 7.42. The van der Waals surface area contributed by atoms with E-state index in [4.69, 9.17) is 5.11 Å². The van der Waals surface area contributed by atoms with Crippen LogP contribution in [-0.4, -0.2) is 49.6 Å². The second-order valence-corrected chi connectivity index (χ2v) is 9.83. The van der Waals surface area contributed by atoms with E-state index in [1.165, 1.54) is 0 Å². The highest BCUT2D eigenvalue weighted by atomic mass is 19.1. The lowest BCUT2D eigenvalue weighted by Gasteiger charge is -2.55. The van der Waals surface area contributed by atoms with Gasteiger partial charge in [-0.15, -0.1) is 0 Å². The number of hydrogen-bond donors (Lipinski definition) is 3. The molecule has 1 fully saturated rings. The third-order valence-corrected chi connectivity index (χ3v) is 6.20. The van der Waals surface area contributed by atoms with Crippen LogP contribution in [0, 0.1) is 24.1 Å². The largest absolute Gasteiger partial charge is 0.481 e. The molecule has 9 heteroatoms. The number of likely N-dealkylation sites (tertiary alicyclic amines) is 1. The Bertz CT molecular complexity index is 1060. The van der Waals surface area contributed by atoms with Gasteiger partial charge in [-0.1, -0.05) is 6.07 Å². The quantitative estimate of drug-likeness (QED) is 0.562. The number of anilines is 3. The summed E-state index contributed by atoms with van der Waals surface area (Å²) in [6.07, 6.45) is 2.60. The number of aliphatic carboxylic acids is 1. The van der Waals surface area contributed by atoms with E-state index in [-0.39, 0.29) is 35.3 Å². The molecule has 0 bridgehead atoms. The molecule has 2 aromatic rings. The molecule has 0 saturated carbocycles. The van der Waals surface area contributed by atoms with Gasteiger partial charge in [-0.3, -0.25) is 9.69 Å². The minimum absolute atomic E-state index is 0.0575. The Labute approximate surface area is 193 Å². The fraction of sp³-hybridized carbons (Fsp3) is 0.500. The van der Waals surface area contributed by atoms with Gasteiger partial charge < -0.3 is 15.7 Å². The first-order valence-corrected chi connectivity index (χ1v) is 11.0. The average Bonchev–Trinajstić information content (AvgIpc) is 2.70. The maximum atomic E-state index is 14.6. The van der Waals surface area contributed by atoms with Crippen LogP contribution in [0.3, 0.4) is 0 Å². The third kappa shape index (κ3) is 5.76. The molecule has 3 N–H and O–H groups in total. The maximum Gasteiger partial charge on any atom is 0.304 e. The van der Waals surface area contributed by atoms with E-state index in [0.29, 0.717) is 30.6 Å². The molecule has 1 saturated heterocycles. The number of aryl methyl sites for hydroxylation is 1. The summed E-state index contributed by atoms with van der Waals surface area (Å²) in [5.74, 6) is -1.04. The Kier molecular flexibility index (Phi) is 6.89. The number of carboxylic acids is 1. The predicted octanol–water partition coefficient (Wildman–Crippen LogP) is 4.45. The van der Waals surface area contributed by atoms with Gasteiger partial charge in [0.15, 0.2) is 11.6 Å². The van der Waals surface area contributed by atoms with Crippen molar-refractivity contribution in [3.05, 3.63) is 41.3 Å². The van der Waals surface area contributed by atoms with Crippen molar-refractivity contribution in [3.8, 4) is 6.07 Å². The van der Waals surface area contributed by atoms with Crippen molar-refractivity contribution >= 4 is 23.4 Å². The molecule has 1 aliphatic heterocycles. The van der Waals surface area contributed by atoms with Gasteiger partial charge in [-0.25, -0.2) is 9.37 Å². The van der Waals surface area contributed by atoms with Crippen LogP contribution in [0.4, 0.5) is 21.8 Å². The highest BCUT2D eigenvalue weighted by molar-refractivity contribution is 5.67. The zero-order valence-corrected chi connectivity index (χ0v) is 19.7. The molecule has 0 atom stereocenters. The minimum Gasteiger partial charge on any atom is -0.481 e. The number of carboxylic acid groups (broad SMARTS) is 1. The monoisotopic (exact) mass is 454 g/mol. The van der Waals surface area contributed by atoms with Crippen molar-refractivity contribution < 1.29 is 14.3 Å². The molecule has 0 unspecified atom stereocenters. The molecule has 1 aromatic heterocycles. The molecule has 0 radical (unpaired) electrons. The average molecular weight is 455 g/mol. The lowest BCUT2D eigenvalue weighted by Crippen LogP contribution is -2.63.